The number of rotatable bonds is 8. The summed E-state index contributed by atoms with van der Waals surface area (Å²) in [5.41, 5.74) is 2.10. The number of hydrogen-bond donors (Lipinski definition) is 1. The van der Waals surface area contributed by atoms with Crippen molar-refractivity contribution in [2.75, 3.05) is 6.61 Å². The van der Waals surface area contributed by atoms with Crippen molar-refractivity contribution in [2.24, 2.45) is 0 Å². The molecule has 0 amide bonds. The Hall–Kier alpha value is -1.61. The number of benzene rings is 1. The third kappa shape index (κ3) is 3.94. The zero-order valence-corrected chi connectivity index (χ0v) is 12.8. The lowest BCUT2D eigenvalue weighted by atomic mass is 10.1. The second-order valence-electron chi connectivity index (χ2n) is 5.84. The predicted molar refractivity (Wildman–Crippen MR) is 86.6 cm³/mol. The van der Waals surface area contributed by atoms with E-state index in [4.69, 9.17) is 9.72 Å². The van der Waals surface area contributed by atoms with E-state index in [0.29, 0.717) is 6.04 Å². The van der Waals surface area contributed by atoms with Gasteiger partial charge in [0.1, 0.15) is 5.75 Å². The number of ether oxygens (including phenoxy) is 1. The SMILES string of the molecule is CCCCCOc1cc(CNC2CC2)nc2ccccc12. The molecule has 112 valence electrons. The first-order valence-electron chi connectivity index (χ1n) is 8.11. The number of fused-ring (bicyclic) bond motifs is 1. The summed E-state index contributed by atoms with van der Waals surface area (Å²) in [5.74, 6) is 0.976. The third-order valence-corrected chi connectivity index (χ3v) is 3.89. The first-order chi connectivity index (χ1) is 10.4. The zero-order valence-electron chi connectivity index (χ0n) is 12.8. The standard InChI is InChI=1S/C18H24N2O/c1-2-3-6-11-21-18-12-15(13-19-14-9-10-14)20-17-8-5-4-7-16(17)18/h4-5,7-8,12,14,19H,2-3,6,9-11,13H2,1H3. The Bertz CT molecular complexity index is 593. The van der Waals surface area contributed by atoms with Gasteiger partial charge in [0.15, 0.2) is 0 Å². The van der Waals surface area contributed by atoms with Gasteiger partial charge in [-0.25, -0.2) is 0 Å². The quantitative estimate of drug-likeness (QED) is 0.742. The van der Waals surface area contributed by atoms with Crippen molar-refractivity contribution in [1.82, 2.24) is 10.3 Å². The monoisotopic (exact) mass is 284 g/mol. The fourth-order valence-corrected chi connectivity index (χ4v) is 2.48. The van der Waals surface area contributed by atoms with Crippen molar-refractivity contribution >= 4 is 10.9 Å². The van der Waals surface area contributed by atoms with Gasteiger partial charge < -0.3 is 10.1 Å². The van der Waals surface area contributed by atoms with E-state index in [2.05, 4.69) is 30.4 Å². The maximum absolute atomic E-state index is 6.02. The summed E-state index contributed by atoms with van der Waals surface area (Å²) in [6, 6.07) is 11.0. The molecule has 1 aromatic carbocycles. The van der Waals surface area contributed by atoms with E-state index in [9.17, 15) is 0 Å². The van der Waals surface area contributed by atoms with Gasteiger partial charge in [-0.1, -0.05) is 31.9 Å². The molecule has 0 spiro atoms. The van der Waals surface area contributed by atoms with E-state index in [1.54, 1.807) is 0 Å². The Kier molecular flexibility index (Phi) is 4.71. The molecule has 0 saturated heterocycles. The van der Waals surface area contributed by atoms with Crippen molar-refractivity contribution in [2.45, 2.75) is 51.6 Å². The van der Waals surface area contributed by atoms with Crippen LogP contribution in [-0.4, -0.2) is 17.6 Å². The number of nitrogens with zero attached hydrogens (tertiary/aromatic N) is 1. The molecule has 3 heteroatoms. The largest absolute Gasteiger partial charge is 0.493 e. The molecular weight excluding hydrogens is 260 g/mol. The van der Waals surface area contributed by atoms with Crippen LogP contribution in [0.25, 0.3) is 10.9 Å². The van der Waals surface area contributed by atoms with Gasteiger partial charge in [0, 0.05) is 24.0 Å². The second kappa shape index (κ2) is 6.90. The van der Waals surface area contributed by atoms with Crippen LogP contribution in [0.15, 0.2) is 30.3 Å². The Morgan fingerprint density at radius 1 is 1.24 bits per heavy atom. The van der Waals surface area contributed by atoms with Crippen LogP contribution in [-0.2, 0) is 6.54 Å². The average molecular weight is 284 g/mol. The molecule has 1 N–H and O–H groups in total. The van der Waals surface area contributed by atoms with Gasteiger partial charge >= 0.3 is 0 Å². The van der Waals surface area contributed by atoms with Crippen LogP contribution in [0.2, 0.25) is 0 Å². The molecule has 3 rings (SSSR count). The Balaban J connectivity index is 1.76. The van der Waals surface area contributed by atoms with Crippen LogP contribution < -0.4 is 10.1 Å². The highest BCUT2D eigenvalue weighted by atomic mass is 16.5. The van der Waals surface area contributed by atoms with Crippen LogP contribution in [0.1, 0.15) is 44.7 Å². The summed E-state index contributed by atoms with van der Waals surface area (Å²) in [6.07, 6.45) is 6.15. The molecular formula is C18H24N2O. The number of hydrogen-bond acceptors (Lipinski definition) is 3. The molecule has 0 unspecified atom stereocenters. The van der Waals surface area contributed by atoms with Crippen molar-refractivity contribution in [3.63, 3.8) is 0 Å². The maximum Gasteiger partial charge on any atom is 0.130 e. The van der Waals surface area contributed by atoms with E-state index < -0.39 is 0 Å². The number of nitrogens with one attached hydrogen (secondary N) is 1. The van der Waals surface area contributed by atoms with Crippen LogP contribution in [0, 0.1) is 0 Å². The van der Waals surface area contributed by atoms with E-state index in [0.717, 1.165) is 41.9 Å². The van der Waals surface area contributed by atoms with Gasteiger partial charge in [0.2, 0.25) is 0 Å². The Labute approximate surface area is 126 Å². The summed E-state index contributed by atoms with van der Waals surface area (Å²) in [4.78, 5) is 4.74. The van der Waals surface area contributed by atoms with Gasteiger partial charge in [0.05, 0.1) is 17.8 Å². The van der Waals surface area contributed by atoms with Crippen LogP contribution >= 0.6 is 0 Å². The van der Waals surface area contributed by atoms with Gasteiger partial charge in [0.25, 0.3) is 0 Å². The van der Waals surface area contributed by atoms with E-state index in [-0.39, 0.29) is 0 Å². The summed E-state index contributed by atoms with van der Waals surface area (Å²) in [7, 11) is 0. The molecule has 1 aliphatic carbocycles. The number of pyridine rings is 1. The molecule has 2 aromatic rings. The first-order valence-corrected chi connectivity index (χ1v) is 8.11. The summed E-state index contributed by atoms with van der Waals surface area (Å²) in [5, 5.41) is 4.64. The van der Waals surface area contributed by atoms with Crippen LogP contribution in [0.4, 0.5) is 0 Å². The Morgan fingerprint density at radius 2 is 2.10 bits per heavy atom. The van der Waals surface area contributed by atoms with Crippen molar-refractivity contribution in [3.8, 4) is 5.75 Å². The molecule has 3 nitrogen and oxygen atoms in total. The topological polar surface area (TPSA) is 34.1 Å². The Morgan fingerprint density at radius 3 is 2.90 bits per heavy atom. The maximum atomic E-state index is 6.02. The van der Waals surface area contributed by atoms with Crippen molar-refractivity contribution in [3.05, 3.63) is 36.0 Å². The first kappa shape index (κ1) is 14.3. The molecule has 1 aromatic heterocycles. The molecule has 1 heterocycles. The minimum absolute atomic E-state index is 0.701. The highest BCUT2D eigenvalue weighted by Crippen LogP contribution is 2.26. The highest BCUT2D eigenvalue weighted by molar-refractivity contribution is 5.85. The normalized spacial score (nSPS) is 14.5. The molecule has 1 aliphatic rings. The fourth-order valence-electron chi connectivity index (χ4n) is 2.48. The average Bonchev–Trinajstić information content (AvgIpc) is 3.34. The lowest BCUT2D eigenvalue weighted by Gasteiger charge is -2.11. The second-order valence-corrected chi connectivity index (χ2v) is 5.84. The highest BCUT2D eigenvalue weighted by Gasteiger charge is 2.20. The fraction of sp³-hybridized carbons (Fsp3) is 0.500. The van der Waals surface area contributed by atoms with E-state index in [1.165, 1.54) is 25.7 Å². The van der Waals surface area contributed by atoms with Crippen molar-refractivity contribution in [1.29, 1.82) is 0 Å². The van der Waals surface area contributed by atoms with E-state index in [1.807, 2.05) is 12.1 Å². The lowest BCUT2D eigenvalue weighted by molar-refractivity contribution is 0.309. The van der Waals surface area contributed by atoms with Crippen molar-refractivity contribution < 1.29 is 4.74 Å². The number of unbranched alkanes of at least 4 members (excludes halogenated alkanes) is 2. The molecule has 1 fully saturated rings. The summed E-state index contributed by atoms with van der Waals surface area (Å²) >= 11 is 0. The minimum Gasteiger partial charge on any atom is -0.493 e. The molecule has 0 aliphatic heterocycles. The third-order valence-electron chi connectivity index (χ3n) is 3.89. The zero-order chi connectivity index (χ0) is 14.5. The number of para-hydroxylation sites is 1. The molecule has 0 atom stereocenters. The van der Waals surface area contributed by atoms with Gasteiger partial charge in [-0.05, 0) is 31.4 Å². The summed E-state index contributed by atoms with van der Waals surface area (Å²) in [6.45, 7) is 3.83. The molecule has 21 heavy (non-hydrogen) atoms. The smallest absolute Gasteiger partial charge is 0.130 e. The van der Waals surface area contributed by atoms with Gasteiger partial charge in [-0.15, -0.1) is 0 Å². The van der Waals surface area contributed by atoms with Gasteiger partial charge in [-0.2, -0.15) is 0 Å². The number of aromatic nitrogens is 1. The predicted octanol–water partition coefficient (Wildman–Crippen LogP) is 4.06. The molecule has 0 bridgehead atoms. The summed E-state index contributed by atoms with van der Waals surface area (Å²) < 4.78 is 6.02. The van der Waals surface area contributed by atoms with Crippen LogP contribution in [0.3, 0.4) is 0 Å². The van der Waals surface area contributed by atoms with E-state index >= 15 is 0 Å². The molecule has 0 radical (unpaired) electrons. The van der Waals surface area contributed by atoms with Crippen LogP contribution in [0.5, 0.6) is 5.75 Å². The minimum atomic E-state index is 0.701. The molecule has 1 saturated carbocycles. The van der Waals surface area contributed by atoms with Gasteiger partial charge in [-0.3, -0.25) is 4.98 Å². The lowest BCUT2D eigenvalue weighted by Crippen LogP contribution is -2.16.